The van der Waals surface area contributed by atoms with Crippen LogP contribution in [0.5, 0.6) is 0 Å². The molecule has 0 aliphatic heterocycles. The van der Waals surface area contributed by atoms with Crippen molar-refractivity contribution in [2.24, 2.45) is 0 Å². The molecule has 0 heterocycles. The topological polar surface area (TPSA) is 75.6 Å². The fourth-order valence-electron chi connectivity index (χ4n) is 2.12. The summed E-state index contributed by atoms with van der Waals surface area (Å²) < 4.78 is 42.6. The van der Waals surface area contributed by atoms with Crippen LogP contribution < -0.4 is 5.32 Å². The van der Waals surface area contributed by atoms with Crippen LogP contribution in [0, 0.1) is 0 Å². The van der Waals surface area contributed by atoms with E-state index in [9.17, 15) is 22.8 Å². The van der Waals surface area contributed by atoms with E-state index in [1.54, 1.807) is 6.07 Å². The predicted octanol–water partition coefficient (Wildman–Crippen LogP) is 2.63. The molecule has 1 aromatic carbocycles. The number of hydrogen-bond donors (Lipinski definition) is 2. The van der Waals surface area contributed by atoms with Gasteiger partial charge in [0.2, 0.25) is 5.91 Å². The molecule has 0 saturated carbocycles. The van der Waals surface area contributed by atoms with Gasteiger partial charge in [-0.3, -0.25) is 4.79 Å². The van der Waals surface area contributed by atoms with Crippen molar-refractivity contribution in [3.05, 3.63) is 35.4 Å². The number of carbonyl (C=O) groups is 2. The van der Waals surface area contributed by atoms with E-state index in [-0.39, 0.29) is 19.4 Å². The van der Waals surface area contributed by atoms with Gasteiger partial charge in [0, 0.05) is 26.6 Å². The Morgan fingerprint density at radius 1 is 1.33 bits per heavy atom. The van der Waals surface area contributed by atoms with Crippen LogP contribution in [0.4, 0.5) is 13.2 Å². The highest BCUT2D eigenvalue weighted by atomic mass is 19.4. The Morgan fingerprint density at radius 2 is 2.04 bits per heavy atom. The van der Waals surface area contributed by atoms with Crippen LogP contribution in [-0.4, -0.2) is 36.7 Å². The quantitative estimate of drug-likeness (QED) is 0.720. The molecule has 0 fully saturated rings. The molecule has 1 rings (SSSR count). The zero-order valence-electron chi connectivity index (χ0n) is 13.2. The van der Waals surface area contributed by atoms with Gasteiger partial charge in [0.05, 0.1) is 5.56 Å². The van der Waals surface area contributed by atoms with Crippen molar-refractivity contribution in [3.63, 3.8) is 0 Å². The third-order valence-electron chi connectivity index (χ3n) is 3.37. The van der Waals surface area contributed by atoms with Gasteiger partial charge < -0.3 is 15.2 Å². The second-order valence-corrected chi connectivity index (χ2v) is 5.29. The van der Waals surface area contributed by atoms with Crippen molar-refractivity contribution < 1.29 is 32.6 Å². The first-order valence-corrected chi connectivity index (χ1v) is 7.41. The number of carboxylic acids is 1. The maximum atomic E-state index is 12.6. The second kappa shape index (κ2) is 9.27. The van der Waals surface area contributed by atoms with Gasteiger partial charge in [0.1, 0.15) is 6.04 Å². The van der Waals surface area contributed by atoms with Gasteiger partial charge in [-0.25, -0.2) is 4.79 Å². The molecular weight excluding hydrogens is 327 g/mol. The standard InChI is InChI=1S/C16H20F3NO4/c1-24-9-8-13(15(22)23)20-14(21)7-3-5-11-4-2-6-12(10-11)16(17,18)19/h2,4,6,10,13H,3,5,7-9H2,1H3,(H,20,21)(H,22,23). The van der Waals surface area contributed by atoms with Crippen LogP contribution >= 0.6 is 0 Å². The number of alkyl halides is 3. The summed E-state index contributed by atoms with van der Waals surface area (Å²) >= 11 is 0. The first-order chi connectivity index (χ1) is 11.2. The molecule has 134 valence electrons. The fourth-order valence-corrected chi connectivity index (χ4v) is 2.12. The monoisotopic (exact) mass is 347 g/mol. The summed E-state index contributed by atoms with van der Waals surface area (Å²) in [4.78, 5) is 22.7. The number of hydrogen-bond acceptors (Lipinski definition) is 3. The summed E-state index contributed by atoms with van der Waals surface area (Å²) in [5, 5.41) is 11.4. The number of rotatable bonds is 9. The molecule has 2 N–H and O–H groups in total. The molecule has 5 nitrogen and oxygen atoms in total. The highest BCUT2D eigenvalue weighted by Crippen LogP contribution is 2.29. The average molecular weight is 347 g/mol. The first-order valence-electron chi connectivity index (χ1n) is 7.41. The van der Waals surface area contributed by atoms with Gasteiger partial charge in [0.15, 0.2) is 0 Å². The molecule has 1 unspecified atom stereocenters. The Hall–Kier alpha value is -2.09. The number of halogens is 3. The smallest absolute Gasteiger partial charge is 0.416 e. The van der Waals surface area contributed by atoms with Gasteiger partial charge in [0.25, 0.3) is 0 Å². The maximum Gasteiger partial charge on any atom is 0.416 e. The SMILES string of the molecule is COCCC(NC(=O)CCCc1cccc(C(F)(F)F)c1)C(=O)O. The van der Waals surface area contributed by atoms with Gasteiger partial charge >= 0.3 is 12.1 Å². The normalized spacial score (nSPS) is 12.7. The Labute approximate surface area is 137 Å². The number of methoxy groups -OCH3 is 1. The summed E-state index contributed by atoms with van der Waals surface area (Å²) in [6.45, 7) is 0.196. The van der Waals surface area contributed by atoms with Crippen LogP contribution in [0.3, 0.4) is 0 Å². The molecule has 0 aliphatic rings. The van der Waals surface area contributed by atoms with E-state index in [4.69, 9.17) is 9.84 Å². The molecule has 1 atom stereocenters. The molecule has 0 aliphatic carbocycles. The van der Waals surface area contributed by atoms with E-state index < -0.39 is 29.7 Å². The second-order valence-electron chi connectivity index (χ2n) is 5.29. The summed E-state index contributed by atoms with van der Waals surface area (Å²) in [7, 11) is 1.43. The average Bonchev–Trinajstić information content (AvgIpc) is 2.50. The van der Waals surface area contributed by atoms with Crippen molar-refractivity contribution in [3.8, 4) is 0 Å². The van der Waals surface area contributed by atoms with Crippen molar-refractivity contribution in [2.75, 3.05) is 13.7 Å². The first kappa shape index (κ1) is 20.0. The minimum Gasteiger partial charge on any atom is -0.480 e. The van der Waals surface area contributed by atoms with Crippen LogP contribution in [0.15, 0.2) is 24.3 Å². The molecular formula is C16H20F3NO4. The zero-order valence-corrected chi connectivity index (χ0v) is 13.2. The van der Waals surface area contributed by atoms with E-state index in [1.165, 1.54) is 13.2 Å². The maximum absolute atomic E-state index is 12.6. The highest BCUT2D eigenvalue weighted by Gasteiger charge is 2.30. The number of benzene rings is 1. The Kier molecular flexibility index (Phi) is 7.70. The predicted molar refractivity (Wildman–Crippen MR) is 80.4 cm³/mol. The lowest BCUT2D eigenvalue weighted by Crippen LogP contribution is -2.41. The summed E-state index contributed by atoms with van der Waals surface area (Å²) in [6, 6.07) is 3.89. The minimum atomic E-state index is -4.40. The van der Waals surface area contributed by atoms with E-state index in [0.29, 0.717) is 18.4 Å². The number of aliphatic carboxylic acids is 1. The lowest BCUT2D eigenvalue weighted by Gasteiger charge is -2.14. The molecule has 0 bridgehead atoms. The van der Waals surface area contributed by atoms with Gasteiger partial charge in [-0.05, 0) is 24.5 Å². The van der Waals surface area contributed by atoms with E-state index >= 15 is 0 Å². The largest absolute Gasteiger partial charge is 0.480 e. The molecule has 1 amide bonds. The Balaban J connectivity index is 2.46. The van der Waals surface area contributed by atoms with Crippen molar-refractivity contribution in [2.45, 2.75) is 37.9 Å². The molecule has 0 aromatic heterocycles. The van der Waals surface area contributed by atoms with E-state index in [2.05, 4.69) is 5.32 Å². The fraction of sp³-hybridized carbons (Fsp3) is 0.500. The zero-order chi connectivity index (χ0) is 18.2. The molecule has 0 radical (unpaired) electrons. The van der Waals surface area contributed by atoms with Crippen molar-refractivity contribution in [1.29, 1.82) is 0 Å². The molecule has 0 saturated heterocycles. The third-order valence-corrected chi connectivity index (χ3v) is 3.37. The highest BCUT2D eigenvalue weighted by molar-refractivity contribution is 5.83. The molecule has 0 spiro atoms. The number of nitrogens with one attached hydrogen (secondary N) is 1. The van der Waals surface area contributed by atoms with Crippen LogP contribution in [0.25, 0.3) is 0 Å². The lowest BCUT2D eigenvalue weighted by molar-refractivity contribution is -0.142. The van der Waals surface area contributed by atoms with Gasteiger partial charge in [-0.1, -0.05) is 18.2 Å². The number of amides is 1. The third kappa shape index (κ3) is 6.99. The van der Waals surface area contributed by atoms with Crippen LogP contribution in [0.2, 0.25) is 0 Å². The lowest BCUT2D eigenvalue weighted by atomic mass is 10.0. The van der Waals surface area contributed by atoms with Crippen molar-refractivity contribution in [1.82, 2.24) is 5.32 Å². The van der Waals surface area contributed by atoms with Gasteiger partial charge in [-0.15, -0.1) is 0 Å². The van der Waals surface area contributed by atoms with Crippen LogP contribution in [0.1, 0.15) is 30.4 Å². The van der Waals surface area contributed by atoms with E-state index in [0.717, 1.165) is 12.1 Å². The minimum absolute atomic E-state index is 0.0347. The van der Waals surface area contributed by atoms with Gasteiger partial charge in [-0.2, -0.15) is 13.2 Å². The Morgan fingerprint density at radius 3 is 2.62 bits per heavy atom. The summed E-state index contributed by atoms with van der Waals surface area (Å²) in [6.07, 6.45) is -3.60. The number of carbonyl (C=O) groups excluding carboxylic acids is 1. The Bertz CT molecular complexity index is 560. The number of aryl methyl sites for hydroxylation is 1. The van der Waals surface area contributed by atoms with E-state index in [1.807, 2.05) is 0 Å². The molecule has 1 aromatic rings. The molecule has 24 heavy (non-hydrogen) atoms. The number of ether oxygens (including phenoxy) is 1. The molecule has 8 heteroatoms. The number of carboxylic acid groups (broad SMARTS) is 1. The summed E-state index contributed by atoms with van der Waals surface area (Å²) in [5.74, 6) is -1.61. The summed E-state index contributed by atoms with van der Waals surface area (Å²) in [5.41, 5.74) is -0.248. The van der Waals surface area contributed by atoms with Crippen molar-refractivity contribution >= 4 is 11.9 Å². The van der Waals surface area contributed by atoms with Crippen LogP contribution in [-0.2, 0) is 26.9 Å².